The molecule has 0 aliphatic carbocycles. The molecule has 1 saturated heterocycles. The van der Waals surface area contributed by atoms with Crippen molar-refractivity contribution in [2.24, 2.45) is 0 Å². The number of hydrogen-bond donors (Lipinski definition) is 2. The van der Waals surface area contributed by atoms with Crippen molar-refractivity contribution in [3.8, 4) is 34.0 Å². The minimum absolute atomic E-state index is 0.214. The van der Waals surface area contributed by atoms with Gasteiger partial charge in [0, 0.05) is 36.4 Å². The molecular formula is C25H24FN5O2. The molecule has 5 rings (SSSR count). The molecule has 0 bridgehead atoms. The van der Waals surface area contributed by atoms with E-state index in [1.165, 1.54) is 6.07 Å². The first-order valence-electron chi connectivity index (χ1n) is 10.8. The molecule has 3 N–H and O–H groups in total. The Morgan fingerprint density at radius 2 is 1.97 bits per heavy atom. The minimum atomic E-state index is -0.371. The number of hydrogen-bond acceptors (Lipinski definition) is 7. The molecule has 2 aromatic carbocycles. The molecule has 33 heavy (non-hydrogen) atoms. The molecule has 0 radical (unpaired) electrons. The van der Waals surface area contributed by atoms with E-state index in [0.717, 1.165) is 29.7 Å². The van der Waals surface area contributed by atoms with E-state index >= 15 is 0 Å². The maximum absolute atomic E-state index is 14.9. The Bertz CT molecular complexity index is 1270. The van der Waals surface area contributed by atoms with Gasteiger partial charge in [0.15, 0.2) is 17.3 Å². The lowest BCUT2D eigenvalue weighted by Crippen LogP contribution is -2.28. The lowest BCUT2D eigenvalue weighted by molar-refractivity contribution is 0.190. The van der Waals surface area contributed by atoms with E-state index in [2.05, 4.69) is 20.4 Å². The Morgan fingerprint density at radius 3 is 2.73 bits per heavy atom. The van der Waals surface area contributed by atoms with Crippen LogP contribution in [0.15, 0.2) is 59.3 Å². The van der Waals surface area contributed by atoms with E-state index in [0.29, 0.717) is 47.6 Å². The number of halogens is 1. The number of aromatic nitrogens is 3. The predicted octanol–water partition coefficient (Wildman–Crippen LogP) is 4.37. The topological polar surface area (TPSA) is 99.1 Å². The van der Waals surface area contributed by atoms with Crippen molar-refractivity contribution in [1.29, 1.82) is 0 Å². The summed E-state index contributed by atoms with van der Waals surface area (Å²) in [4.78, 5) is 8.87. The molecule has 168 valence electrons. The number of anilines is 1. The van der Waals surface area contributed by atoms with E-state index in [9.17, 15) is 4.39 Å². The molecule has 1 aliphatic heterocycles. The monoisotopic (exact) mass is 445 g/mol. The molecule has 7 nitrogen and oxygen atoms in total. The van der Waals surface area contributed by atoms with Crippen LogP contribution in [0.5, 0.6) is 0 Å². The second-order valence-electron chi connectivity index (χ2n) is 8.19. The normalized spacial score (nSPS) is 15.8. The van der Waals surface area contributed by atoms with Crippen molar-refractivity contribution < 1.29 is 13.7 Å². The van der Waals surface area contributed by atoms with E-state index in [-0.39, 0.29) is 11.6 Å². The van der Waals surface area contributed by atoms with Gasteiger partial charge in [0.05, 0.1) is 18.5 Å². The first-order chi connectivity index (χ1) is 16.1. The maximum atomic E-state index is 14.9. The van der Waals surface area contributed by atoms with Crippen LogP contribution in [0.4, 0.5) is 10.2 Å². The average Bonchev–Trinajstić information content (AvgIpc) is 3.51. The third-order valence-electron chi connectivity index (χ3n) is 5.73. The van der Waals surface area contributed by atoms with Crippen molar-refractivity contribution in [2.45, 2.75) is 25.9 Å². The zero-order valence-electron chi connectivity index (χ0n) is 18.2. The molecule has 3 heterocycles. The summed E-state index contributed by atoms with van der Waals surface area (Å²) in [6, 6.07) is 15.0. The number of benzene rings is 2. The van der Waals surface area contributed by atoms with Crippen molar-refractivity contribution >= 4 is 5.82 Å². The molecular weight excluding hydrogens is 421 g/mol. The standard InChI is InChI=1S/C25H24FN5O2/c1-15-2-5-17(6-3-15)22-13-29-25(27)24(30-22)23-11-21(31-33-23)19-7-4-16(10-20(19)26)12-28-18-8-9-32-14-18/h2-7,10-11,13,18,28H,8-9,12,14H2,1H3,(H2,27,29)/t18-/m0/s1. The molecule has 2 aromatic heterocycles. The van der Waals surface area contributed by atoms with Gasteiger partial charge in [-0.3, -0.25) is 0 Å². The molecule has 0 unspecified atom stereocenters. The molecule has 4 aromatic rings. The van der Waals surface area contributed by atoms with Crippen molar-refractivity contribution in [2.75, 3.05) is 18.9 Å². The fourth-order valence-electron chi connectivity index (χ4n) is 3.79. The zero-order valence-corrected chi connectivity index (χ0v) is 18.2. The number of aryl methyl sites for hydroxylation is 1. The Kier molecular flexibility index (Phi) is 5.85. The highest BCUT2D eigenvalue weighted by molar-refractivity contribution is 5.73. The van der Waals surface area contributed by atoms with Gasteiger partial charge in [-0.25, -0.2) is 14.4 Å². The molecule has 0 amide bonds. The van der Waals surface area contributed by atoms with Crippen LogP contribution in [0.1, 0.15) is 17.5 Å². The van der Waals surface area contributed by atoms with Crippen molar-refractivity contribution in [3.63, 3.8) is 0 Å². The van der Waals surface area contributed by atoms with Crippen LogP contribution in [-0.4, -0.2) is 34.4 Å². The first kappa shape index (κ1) is 21.2. The van der Waals surface area contributed by atoms with Crippen molar-refractivity contribution in [1.82, 2.24) is 20.4 Å². The van der Waals surface area contributed by atoms with Crippen LogP contribution in [0.3, 0.4) is 0 Å². The Morgan fingerprint density at radius 1 is 1.12 bits per heavy atom. The van der Waals surface area contributed by atoms with Crippen LogP contribution >= 0.6 is 0 Å². The summed E-state index contributed by atoms with van der Waals surface area (Å²) in [5.41, 5.74) is 10.7. The second-order valence-corrected chi connectivity index (χ2v) is 8.19. The van der Waals surface area contributed by atoms with Gasteiger partial charge in [0.1, 0.15) is 11.5 Å². The number of rotatable bonds is 6. The Balaban J connectivity index is 1.38. The van der Waals surface area contributed by atoms with Crippen LogP contribution in [0, 0.1) is 12.7 Å². The minimum Gasteiger partial charge on any atom is -0.382 e. The Hall–Kier alpha value is -3.62. The largest absolute Gasteiger partial charge is 0.382 e. The van der Waals surface area contributed by atoms with Gasteiger partial charge in [0.25, 0.3) is 0 Å². The number of nitrogen functional groups attached to an aromatic ring is 1. The van der Waals surface area contributed by atoms with Crippen LogP contribution in [0.25, 0.3) is 34.0 Å². The summed E-state index contributed by atoms with van der Waals surface area (Å²) < 4.78 is 25.7. The van der Waals surface area contributed by atoms with Crippen molar-refractivity contribution in [3.05, 3.63) is 71.7 Å². The third-order valence-corrected chi connectivity index (χ3v) is 5.73. The summed E-state index contributed by atoms with van der Waals surface area (Å²) in [5, 5.41) is 7.43. The van der Waals surface area contributed by atoms with E-state index in [1.54, 1.807) is 18.3 Å². The van der Waals surface area contributed by atoms with E-state index in [4.69, 9.17) is 15.0 Å². The van der Waals surface area contributed by atoms with E-state index < -0.39 is 0 Å². The molecule has 0 saturated carbocycles. The number of nitrogens with two attached hydrogens (primary N) is 1. The molecule has 1 fully saturated rings. The first-order valence-corrected chi connectivity index (χ1v) is 10.8. The zero-order chi connectivity index (χ0) is 22.8. The highest BCUT2D eigenvalue weighted by Gasteiger charge is 2.18. The van der Waals surface area contributed by atoms with Gasteiger partial charge in [0.2, 0.25) is 0 Å². The molecule has 1 atom stereocenters. The van der Waals surface area contributed by atoms with Crippen LogP contribution in [0.2, 0.25) is 0 Å². The summed E-state index contributed by atoms with van der Waals surface area (Å²) >= 11 is 0. The summed E-state index contributed by atoms with van der Waals surface area (Å²) in [6.45, 7) is 4.06. The van der Waals surface area contributed by atoms with Gasteiger partial charge in [-0.2, -0.15) is 0 Å². The maximum Gasteiger partial charge on any atom is 0.189 e. The lowest BCUT2D eigenvalue weighted by atomic mass is 10.1. The fourth-order valence-corrected chi connectivity index (χ4v) is 3.79. The van der Waals surface area contributed by atoms with Gasteiger partial charge < -0.3 is 20.3 Å². The van der Waals surface area contributed by atoms with Gasteiger partial charge in [-0.05, 0) is 31.0 Å². The molecule has 8 heteroatoms. The van der Waals surface area contributed by atoms with Crippen LogP contribution in [-0.2, 0) is 11.3 Å². The number of nitrogens with one attached hydrogen (secondary N) is 1. The highest BCUT2D eigenvalue weighted by atomic mass is 19.1. The Labute approximate surface area is 190 Å². The summed E-state index contributed by atoms with van der Waals surface area (Å²) in [7, 11) is 0. The average molecular weight is 445 g/mol. The second kappa shape index (κ2) is 9.09. The smallest absolute Gasteiger partial charge is 0.189 e. The molecule has 0 spiro atoms. The SMILES string of the molecule is Cc1ccc(-c2cnc(N)c(-c3cc(-c4ccc(CN[C@H]5CCOC5)cc4F)no3)n2)cc1. The van der Waals surface area contributed by atoms with Crippen LogP contribution < -0.4 is 11.1 Å². The lowest BCUT2D eigenvalue weighted by Gasteiger charge is -2.11. The summed E-state index contributed by atoms with van der Waals surface area (Å²) in [5.74, 6) is 0.172. The quantitative estimate of drug-likeness (QED) is 0.455. The predicted molar refractivity (Wildman–Crippen MR) is 124 cm³/mol. The van der Waals surface area contributed by atoms with E-state index in [1.807, 2.05) is 37.3 Å². The molecule has 1 aliphatic rings. The van der Waals surface area contributed by atoms with Gasteiger partial charge in [-0.1, -0.05) is 41.1 Å². The number of nitrogens with zero attached hydrogens (tertiary/aromatic N) is 3. The summed E-state index contributed by atoms with van der Waals surface area (Å²) in [6.07, 6.45) is 2.59. The fraction of sp³-hybridized carbons (Fsp3) is 0.240. The van der Waals surface area contributed by atoms with Gasteiger partial charge >= 0.3 is 0 Å². The number of ether oxygens (including phenoxy) is 1. The van der Waals surface area contributed by atoms with Gasteiger partial charge in [-0.15, -0.1) is 0 Å². The highest BCUT2D eigenvalue weighted by Crippen LogP contribution is 2.31. The third kappa shape index (κ3) is 4.62.